The molecule has 3 nitrogen and oxygen atoms in total. The van der Waals surface area contributed by atoms with Crippen molar-refractivity contribution in [3.8, 4) is 0 Å². The van der Waals surface area contributed by atoms with Gasteiger partial charge in [-0.1, -0.05) is 19.3 Å². The normalized spacial score (nSPS) is 21.4. The third-order valence-corrected chi connectivity index (χ3v) is 3.56. The van der Waals surface area contributed by atoms with Crippen molar-refractivity contribution in [2.45, 2.75) is 44.1 Å². The lowest BCUT2D eigenvalue weighted by atomic mass is 9.79. The Morgan fingerprint density at radius 1 is 1.29 bits per heavy atom. The first-order valence-electron chi connectivity index (χ1n) is 5.66. The Morgan fingerprint density at radius 3 is 2.43 bits per heavy atom. The third-order valence-electron chi connectivity index (χ3n) is 3.56. The van der Waals surface area contributed by atoms with E-state index in [-0.39, 0.29) is 0 Å². The van der Waals surface area contributed by atoms with Crippen LogP contribution in [0.5, 0.6) is 0 Å². The third kappa shape index (κ3) is 3.23. The minimum absolute atomic E-state index is 0.380. The maximum absolute atomic E-state index is 5.14. The predicted octanol–water partition coefficient (Wildman–Crippen LogP) is 1.79. The van der Waals surface area contributed by atoms with Gasteiger partial charge in [0.2, 0.25) is 0 Å². The highest BCUT2D eigenvalue weighted by Gasteiger charge is 2.29. The number of hydrogen-bond donors (Lipinski definition) is 1. The maximum Gasteiger partial charge on any atom is 0.0575 e. The zero-order valence-corrected chi connectivity index (χ0v) is 9.81. The minimum atomic E-state index is 0.380. The average Bonchev–Trinajstić information content (AvgIpc) is 2.27. The van der Waals surface area contributed by atoms with E-state index in [9.17, 15) is 0 Å². The lowest BCUT2D eigenvalue weighted by Gasteiger charge is -2.38. The van der Waals surface area contributed by atoms with Crippen LogP contribution >= 0.6 is 0 Å². The Hall–Kier alpha value is -0.120. The molecule has 0 saturated heterocycles. The quantitative estimate of drug-likeness (QED) is 0.685. The van der Waals surface area contributed by atoms with Gasteiger partial charge in [-0.05, 0) is 26.3 Å². The summed E-state index contributed by atoms with van der Waals surface area (Å²) < 4.78 is 0. The first-order valence-corrected chi connectivity index (χ1v) is 5.66. The van der Waals surface area contributed by atoms with Crippen molar-refractivity contribution in [3.05, 3.63) is 0 Å². The molecule has 1 saturated carbocycles. The van der Waals surface area contributed by atoms with Crippen molar-refractivity contribution in [2.75, 3.05) is 27.7 Å². The maximum atomic E-state index is 5.14. The summed E-state index contributed by atoms with van der Waals surface area (Å²) in [6, 6.07) is 0. The van der Waals surface area contributed by atoms with Gasteiger partial charge in [0.05, 0.1) is 7.11 Å². The first kappa shape index (κ1) is 12.0. The molecule has 0 aromatic carbocycles. The average molecular weight is 200 g/mol. The van der Waals surface area contributed by atoms with E-state index in [1.165, 1.54) is 38.5 Å². The number of nitrogens with zero attached hydrogens (tertiary/aromatic N) is 1. The smallest absolute Gasteiger partial charge is 0.0575 e. The fourth-order valence-corrected chi connectivity index (χ4v) is 2.32. The second-order valence-corrected chi connectivity index (χ2v) is 4.38. The van der Waals surface area contributed by atoms with E-state index in [1.807, 2.05) is 12.1 Å². The molecule has 0 spiro atoms. The summed E-state index contributed by atoms with van der Waals surface area (Å²) >= 11 is 0. The van der Waals surface area contributed by atoms with Crippen molar-refractivity contribution >= 4 is 0 Å². The summed E-state index contributed by atoms with van der Waals surface area (Å²) in [6.07, 6.45) is 7.98. The number of rotatable bonds is 5. The summed E-state index contributed by atoms with van der Waals surface area (Å²) in [7, 11) is 5.82. The molecule has 0 bridgehead atoms. The van der Waals surface area contributed by atoms with E-state index in [4.69, 9.17) is 4.84 Å². The molecule has 0 aromatic rings. The van der Waals surface area contributed by atoms with E-state index in [0.717, 1.165) is 6.54 Å². The monoisotopic (exact) mass is 200 g/mol. The molecule has 1 aliphatic rings. The van der Waals surface area contributed by atoms with Gasteiger partial charge in [0.1, 0.15) is 0 Å². The highest BCUT2D eigenvalue weighted by molar-refractivity contribution is 4.89. The lowest BCUT2D eigenvalue weighted by Crippen LogP contribution is -2.46. The van der Waals surface area contributed by atoms with Crippen LogP contribution < -0.4 is 5.32 Å². The van der Waals surface area contributed by atoms with Gasteiger partial charge in [-0.15, -0.1) is 0 Å². The zero-order valence-electron chi connectivity index (χ0n) is 9.81. The number of nitrogens with one attached hydrogen (secondary N) is 1. The number of hydroxylamine groups is 2. The van der Waals surface area contributed by atoms with Crippen molar-refractivity contribution in [1.29, 1.82) is 0 Å². The fraction of sp³-hybridized carbons (Fsp3) is 1.00. The van der Waals surface area contributed by atoms with Crippen molar-refractivity contribution < 1.29 is 4.84 Å². The topological polar surface area (TPSA) is 24.5 Å². The Kier molecular flexibility index (Phi) is 4.85. The SMILES string of the molecule is CNC1(CCN(C)OC)CCCCC1. The van der Waals surface area contributed by atoms with Crippen LogP contribution in [0.15, 0.2) is 0 Å². The van der Waals surface area contributed by atoms with E-state index in [2.05, 4.69) is 12.4 Å². The summed E-state index contributed by atoms with van der Waals surface area (Å²) in [5.74, 6) is 0. The molecule has 0 amide bonds. The van der Waals surface area contributed by atoms with Gasteiger partial charge in [0.15, 0.2) is 0 Å². The minimum Gasteiger partial charge on any atom is -0.314 e. The molecule has 3 heteroatoms. The molecule has 14 heavy (non-hydrogen) atoms. The lowest BCUT2D eigenvalue weighted by molar-refractivity contribution is -0.113. The highest BCUT2D eigenvalue weighted by atomic mass is 16.7. The van der Waals surface area contributed by atoms with E-state index < -0.39 is 0 Å². The molecule has 1 N–H and O–H groups in total. The molecule has 84 valence electrons. The molecular formula is C11H24N2O. The van der Waals surface area contributed by atoms with E-state index >= 15 is 0 Å². The summed E-state index contributed by atoms with van der Waals surface area (Å²) in [5.41, 5.74) is 0.380. The second kappa shape index (κ2) is 5.69. The summed E-state index contributed by atoms with van der Waals surface area (Å²) in [6.45, 7) is 1.01. The van der Waals surface area contributed by atoms with Crippen LogP contribution in [0.25, 0.3) is 0 Å². The van der Waals surface area contributed by atoms with E-state index in [1.54, 1.807) is 7.11 Å². The Bertz CT molecular complexity index is 155. The summed E-state index contributed by atoms with van der Waals surface area (Å²) in [4.78, 5) is 5.14. The molecule has 0 unspecified atom stereocenters. The summed E-state index contributed by atoms with van der Waals surface area (Å²) in [5, 5.41) is 5.43. The van der Waals surface area contributed by atoms with Crippen LogP contribution in [-0.4, -0.2) is 38.4 Å². The van der Waals surface area contributed by atoms with E-state index in [0.29, 0.717) is 5.54 Å². The molecular weight excluding hydrogens is 176 g/mol. The van der Waals surface area contributed by atoms with Crippen molar-refractivity contribution in [3.63, 3.8) is 0 Å². The fourth-order valence-electron chi connectivity index (χ4n) is 2.32. The molecule has 1 aliphatic carbocycles. The van der Waals surface area contributed by atoms with Crippen LogP contribution in [0.3, 0.4) is 0 Å². The Morgan fingerprint density at radius 2 is 1.93 bits per heavy atom. The van der Waals surface area contributed by atoms with Gasteiger partial charge in [0, 0.05) is 19.1 Å². The number of hydrogen-bond acceptors (Lipinski definition) is 3. The molecule has 0 heterocycles. The standard InChI is InChI=1S/C11H24N2O/c1-12-11(7-5-4-6-8-11)9-10-13(2)14-3/h12H,4-10H2,1-3H3. The Labute approximate surface area is 87.8 Å². The second-order valence-electron chi connectivity index (χ2n) is 4.38. The van der Waals surface area contributed by atoms with Crippen LogP contribution in [0.1, 0.15) is 38.5 Å². The van der Waals surface area contributed by atoms with Crippen LogP contribution in [-0.2, 0) is 4.84 Å². The van der Waals surface area contributed by atoms with Gasteiger partial charge in [-0.2, -0.15) is 5.06 Å². The Balaban J connectivity index is 2.36. The molecule has 0 aromatic heterocycles. The molecule has 0 atom stereocenters. The highest BCUT2D eigenvalue weighted by Crippen LogP contribution is 2.30. The van der Waals surface area contributed by atoms with Crippen LogP contribution in [0.4, 0.5) is 0 Å². The van der Waals surface area contributed by atoms with Gasteiger partial charge < -0.3 is 10.2 Å². The molecule has 0 aliphatic heterocycles. The van der Waals surface area contributed by atoms with Crippen molar-refractivity contribution in [2.24, 2.45) is 0 Å². The molecule has 1 rings (SSSR count). The van der Waals surface area contributed by atoms with Gasteiger partial charge in [0.25, 0.3) is 0 Å². The molecule has 1 fully saturated rings. The van der Waals surface area contributed by atoms with Crippen LogP contribution in [0.2, 0.25) is 0 Å². The molecule has 0 radical (unpaired) electrons. The predicted molar refractivity (Wildman–Crippen MR) is 59.1 cm³/mol. The largest absolute Gasteiger partial charge is 0.314 e. The zero-order chi connectivity index (χ0) is 10.4. The van der Waals surface area contributed by atoms with Gasteiger partial charge >= 0.3 is 0 Å². The van der Waals surface area contributed by atoms with Crippen LogP contribution in [0, 0.1) is 0 Å². The van der Waals surface area contributed by atoms with Gasteiger partial charge in [-0.3, -0.25) is 0 Å². The van der Waals surface area contributed by atoms with Crippen molar-refractivity contribution in [1.82, 2.24) is 10.4 Å². The van der Waals surface area contributed by atoms with Gasteiger partial charge in [-0.25, -0.2) is 0 Å². The first-order chi connectivity index (χ1) is 6.72.